The van der Waals surface area contributed by atoms with Crippen LogP contribution in [0.4, 0.5) is 0 Å². The van der Waals surface area contributed by atoms with Crippen molar-refractivity contribution in [2.75, 3.05) is 33.2 Å². The van der Waals surface area contributed by atoms with Crippen LogP contribution in [0.15, 0.2) is 18.3 Å². The minimum absolute atomic E-state index is 0.0726. The lowest BCUT2D eigenvalue weighted by molar-refractivity contribution is 0.0904. The fourth-order valence-electron chi connectivity index (χ4n) is 3.14. The highest BCUT2D eigenvalue weighted by atomic mass is 16.5. The molecular weight excluding hydrogens is 292 g/mol. The van der Waals surface area contributed by atoms with E-state index in [4.69, 9.17) is 4.74 Å². The minimum Gasteiger partial charge on any atom is -0.474 e. The van der Waals surface area contributed by atoms with E-state index in [9.17, 15) is 4.79 Å². The molecule has 3 rings (SSSR count). The average Bonchev–Trinajstić information content (AvgIpc) is 2.58. The molecule has 1 aromatic rings. The van der Waals surface area contributed by atoms with Crippen molar-refractivity contribution < 1.29 is 9.53 Å². The van der Waals surface area contributed by atoms with Gasteiger partial charge in [-0.25, -0.2) is 4.98 Å². The number of nitrogens with one attached hydrogen (secondary N) is 2. The van der Waals surface area contributed by atoms with Crippen molar-refractivity contribution in [1.82, 2.24) is 20.5 Å². The van der Waals surface area contributed by atoms with E-state index < -0.39 is 0 Å². The zero-order valence-corrected chi connectivity index (χ0v) is 13.8. The average molecular weight is 318 g/mol. The number of aromatic nitrogens is 1. The van der Waals surface area contributed by atoms with Gasteiger partial charge in [0.05, 0.1) is 0 Å². The quantitative estimate of drug-likeness (QED) is 0.868. The molecule has 2 N–H and O–H groups in total. The van der Waals surface area contributed by atoms with Crippen LogP contribution in [-0.4, -0.2) is 61.2 Å². The number of hydrogen-bond acceptors (Lipinski definition) is 5. The van der Waals surface area contributed by atoms with Crippen LogP contribution in [0.1, 0.15) is 36.0 Å². The topological polar surface area (TPSA) is 66.5 Å². The third-order valence-electron chi connectivity index (χ3n) is 4.63. The molecule has 3 heterocycles. The molecule has 0 bridgehead atoms. The Morgan fingerprint density at radius 2 is 2.04 bits per heavy atom. The van der Waals surface area contributed by atoms with E-state index in [1.54, 1.807) is 18.3 Å². The molecule has 0 spiro atoms. The van der Waals surface area contributed by atoms with Gasteiger partial charge in [-0.2, -0.15) is 0 Å². The van der Waals surface area contributed by atoms with Crippen molar-refractivity contribution in [2.45, 2.75) is 37.8 Å². The molecule has 0 saturated carbocycles. The Bertz CT molecular complexity index is 523. The maximum absolute atomic E-state index is 12.6. The summed E-state index contributed by atoms with van der Waals surface area (Å²) in [6, 6.07) is 3.83. The van der Waals surface area contributed by atoms with Crippen LogP contribution in [0.2, 0.25) is 0 Å². The van der Waals surface area contributed by atoms with Gasteiger partial charge in [-0.15, -0.1) is 0 Å². The maximum atomic E-state index is 12.6. The number of nitrogens with zero attached hydrogens (tertiary/aromatic N) is 2. The molecule has 0 aliphatic carbocycles. The molecule has 0 aromatic carbocycles. The SMILES string of the molecule is CN1CCC(NC(=O)c2cccnc2OC2CCNCC2)CC1. The molecular formula is C17H26N4O2. The second-order valence-corrected chi connectivity index (χ2v) is 6.47. The van der Waals surface area contributed by atoms with Crippen molar-refractivity contribution in [3.8, 4) is 5.88 Å². The monoisotopic (exact) mass is 318 g/mol. The molecule has 0 radical (unpaired) electrons. The van der Waals surface area contributed by atoms with Crippen LogP contribution in [-0.2, 0) is 0 Å². The van der Waals surface area contributed by atoms with E-state index in [2.05, 4.69) is 27.6 Å². The van der Waals surface area contributed by atoms with Crippen LogP contribution in [0.5, 0.6) is 5.88 Å². The predicted octanol–water partition coefficient (Wildman–Crippen LogP) is 1.04. The van der Waals surface area contributed by atoms with Crippen molar-refractivity contribution in [3.63, 3.8) is 0 Å². The van der Waals surface area contributed by atoms with Gasteiger partial charge in [0.25, 0.3) is 5.91 Å². The van der Waals surface area contributed by atoms with Crippen LogP contribution in [0, 0.1) is 0 Å². The first-order valence-electron chi connectivity index (χ1n) is 8.54. The molecule has 23 heavy (non-hydrogen) atoms. The van der Waals surface area contributed by atoms with Gasteiger partial charge in [-0.05, 0) is 71.0 Å². The molecule has 2 saturated heterocycles. The van der Waals surface area contributed by atoms with Gasteiger partial charge in [0.15, 0.2) is 0 Å². The van der Waals surface area contributed by atoms with Crippen molar-refractivity contribution >= 4 is 5.91 Å². The molecule has 126 valence electrons. The van der Waals surface area contributed by atoms with E-state index >= 15 is 0 Å². The van der Waals surface area contributed by atoms with E-state index in [0.717, 1.165) is 51.9 Å². The van der Waals surface area contributed by atoms with Gasteiger partial charge in [0, 0.05) is 12.2 Å². The normalized spacial score (nSPS) is 21.1. The van der Waals surface area contributed by atoms with Crippen molar-refractivity contribution in [2.24, 2.45) is 0 Å². The molecule has 1 aromatic heterocycles. The van der Waals surface area contributed by atoms with E-state index in [1.165, 1.54) is 0 Å². The summed E-state index contributed by atoms with van der Waals surface area (Å²) in [6.07, 6.45) is 5.71. The third kappa shape index (κ3) is 4.42. The maximum Gasteiger partial charge on any atom is 0.256 e. The highest BCUT2D eigenvalue weighted by Crippen LogP contribution is 2.20. The van der Waals surface area contributed by atoms with E-state index in [1.807, 2.05) is 0 Å². The second kappa shape index (κ2) is 7.75. The minimum atomic E-state index is -0.0726. The molecule has 2 aliphatic rings. The zero-order valence-electron chi connectivity index (χ0n) is 13.8. The summed E-state index contributed by atoms with van der Waals surface area (Å²) in [5, 5.41) is 6.45. The first kappa shape index (κ1) is 16.2. The summed E-state index contributed by atoms with van der Waals surface area (Å²) in [4.78, 5) is 19.2. The third-order valence-corrected chi connectivity index (χ3v) is 4.63. The number of carbonyl (C=O) groups excluding carboxylic acids is 1. The van der Waals surface area contributed by atoms with Gasteiger partial charge < -0.3 is 20.3 Å². The van der Waals surface area contributed by atoms with E-state index in [0.29, 0.717) is 11.4 Å². The number of likely N-dealkylation sites (tertiary alicyclic amines) is 1. The van der Waals surface area contributed by atoms with Gasteiger partial charge in [0.2, 0.25) is 5.88 Å². The number of hydrogen-bond donors (Lipinski definition) is 2. The highest BCUT2D eigenvalue weighted by molar-refractivity contribution is 5.96. The summed E-state index contributed by atoms with van der Waals surface area (Å²) >= 11 is 0. The largest absolute Gasteiger partial charge is 0.474 e. The molecule has 6 nitrogen and oxygen atoms in total. The van der Waals surface area contributed by atoms with Gasteiger partial charge in [0.1, 0.15) is 11.7 Å². The Hall–Kier alpha value is -1.66. The first-order chi connectivity index (χ1) is 11.2. The summed E-state index contributed by atoms with van der Waals surface area (Å²) in [7, 11) is 2.12. The summed E-state index contributed by atoms with van der Waals surface area (Å²) in [6.45, 7) is 3.95. The Morgan fingerprint density at radius 3 is 2.78 bits per heavy atom. The lowest BCUT2D eigenvalue weighted by Gasteiger charge is -2.29. The first-order valence-corrected chi connectivity index (χ1v) is 8.54. The van der Waals surface area contributed by atoms with Gasteiger partial charge in [-0.1, -0.05) is 0 Å². The molecule has 2 aliphatic heterocycles. The number of amides is 1. The fourth-order valence-corrected chi connectivity index (χ4v) is 3.14. The van der Waals surface area contributed by atoms with Gasteiger partial charge in [-0.3, -0.25) is 4.79 Å². The lowest BCUT2D eigenvalue weighted by atomic mass is 10.1. The molecule has 2 fully saturated rings. The predicted molar refractivity (Wildman–Crippen MR) is 88.7 cm³/mol. The number of piperidine rings is 2. The molecule has 0 unspecified atom stereocenters. The second-order valence-electron chi connectivity index (χ2n) is 6.47. The van der Waals surface area contributed by atoms with Crippen molar-refractivity contribution in [3.05, 3.63) is 23.9 Å². The van der Waals surface area contributed by atoms with Crippen LogP contribution < -0.4 is 15.4 Å². The lowest BCUT2D eigenvalue weighted by Crippen LogP contribution is -2.43. The van der Waals surface area contributed by atoms with Crippen LogP contribution in [0.25, 0.3) is 0 Å². The Labute approximate surface area is 137 Å². The summed E-state index contributed by atoms with van der Waals surface area (Å²) in [5.41, 5.74) is 0.546. The van der Waals surface area contributed by atoms with Gasteiger partial charge >= 0.3 is 0 Å². The Kier molecular flexibility index (Phi) is 5.46. The van der Waals surface area contributed by atoms with Crippen LogP contribution in [0.3, 0.4) is 0 Å². The standard InChI is InChI=1S/C17H26N4O2/c1-21-11-6-13(7-12-21)20-16(22)15-3-2-8-19-17(15)23-14-4-9-18-10-5-14/h2-3,8,13-14,18H,4-7,9-12H2,1H3,(H,20,22). The zero-order chi connectivity index (χ0) is 16.1. The molecule has 0 atom stereocenters. The number of rotatable bonds is 4. The van der Waals surface area contributed by atoms with E-state index in [-0.39, 0.29) is 18.1 Å². The fraction of sp³-hybridized carbons (Fsp3) is 0.647. The summed E-state index contributed by atoms with van der Waals surface area (Å²) < 4.78 is 5.99. The number of carbonyl (C=O) groups is 1. The summed E-state index contributed by atoms with van der Waals surface area (Å²) in [5.74, 6) is 0.390. The smallest absolute Gasteiger partial charge is 0.256 e. The highest BCUT2D eigenvalue weighted by Gasteiger charge is 2.23. The number of pyridine rings is 1. The Morgan fingerprint density at radius 1 is 1.30 bits per heavy atom. The van der Waals surface area contributed by atoms with Crippen molar-refractivity contribution in [1.29, 1.82) is 0 Å². The number of ether oxygens (including phenoxy) is 1. The Balaban J connectivity index is 1.63. The molecule has 6 heteroatoms. The molecule has 1 amide bonds. The van der Waals surface area contributed by atoms with Crippen LogP contribution >= 0.6 is 0 Å².